The minimum atomic E-state index is -3.06. The first-order valence-corrected chi connectivity index (χ1v) is 8.76. The Morgan fingerprint density at radius 1 is 1.36 bits per heavy atom. The molecule has 2 aromatic heterocycles. The molecule has 0 fully saturated rings. The molecule has 3 rings (SSSR count). The van der Waals surface area contributed by atoms with E-state index in [-0.39, 0.29) is 35.8 Å². The van der Waals surface area contributed by atoms with Crippen LogP contribution in [0.25, 0.3) is 5.65 Å². The van der Waals surface area contributed by atoms with Crippen molar-refractivity contribution in [2.45, 2.75) is 6.61 Å². The topological polar surface area (TPSA) is 167 Å². The van der Waals surface area contributed by atoms with Crippen molar-refractivity contribution in [2.75, 3.05) is 10.0 Å². The zero-order valence-electron chi connectivity index (χ0n) is 14.2. The number of benzene rings is 1. The van der Waals surface area contributed by atoms with Crippen molar-refractivity contribution < 1.29 is 22.7 Å². The molecule has 0 atom stereocenters. The molecule has 146 valence electrons. The Balaban J connectivity index is 1.99. The number of anilines is 2. The van der Waals surface area contributed by atoms with Gasteiger partial charge in [0.25, 0.3) is 12.4 Å². The van der Waals surface area contributed by atoms with Crippen LogP contribution in [0.3, 0.4) is 0 Å². The maximum Gasteiger partial charge on any atom is 0.352 e. The van der Waals surface area contributed by atoms with Crippen molar-refractivity contribution in [1.82, 2.24) is 24.4 Å². The molecule has 2 N–H and O–H groups in total. The largest absolute Gasteiger partial charge is 0.463 e. The quantitative estimate of drug-likeness (QED) is 0.318. The van der Waals surface area contributed by atoms with E-state index in [9.17, 15) is 22.8 Å². The van der Waals surface area contributed by atoms with Gasteiger partial charge in [0.1, 0.15) is 12.9 Å². The fraction of sp³-hybridized carbons (Fsp3) is 0.143. The molecule has 0 aliphatic rings. The van der Waals surface area contributed by atoms with Gasteiger partial charge in [-0.3, -0.25) is 14.3 Å². The molecule has 0 spiro atoms. The molecular weight excluding hydrogens is 394 g/mol. The van der Waals surface area contributed by atoms with Gasteiger partial charge < -0.3 is 10.1 Å². The number of ether oxygens (including phenoxy) is 1. The second kappa shape index (κ2) is 7.83. The Hall–Kier alpha value is -3.81. The van der Waals surface area contributed by atoms with Gasteiger partial charge >= 0.3 is 5.69 Å². The van der Waals surface area contributed by atoms with Gasteiger partial charge in [-0.2, -0.15) is 4.68 Å². The summed E-state index contributed by atoms with van der Waals surface area (Å²) in [5.41, 5.74) is -0.362. The van der Waals surface area contributed by atoms with Crippen LogP contribution in [0.2, 0.25) is 0 Å². The molecule has 0 aliphatic heterocycles. The Bertz CT molecular complexity index is 1190. The number of aromatic nitrogens is 5. The van der Waals surface area contributed by atoms with E-state index in [0.717, 1.165) is 15.4 Å². The molecule has 1 amide bonds. The summed E-state index contributed by atoms with van der Waals surface area (Å²) in [4.78, 5) is 38.9. The Labute approximate surface area is 158 Å². The van der Waals surface area contributed by atoms with Gasteiger partial charge in [0.05, 0.1) is 11.4 Å². The summed E-state index contributed by atoms with van der Waals surface area (Å²) >= 11 is 0. The standard InChI is InChI=1S/C14H13N7O6S/c1-20-14(24)21-6-15-11(12(21)17-19-20)13(23)16-9-4-2-3-8(5-27-7-22)10(9)18-28(25)26/h2-4,6-7,28H,5H2,1H3,(H,16,23)(H,18,25,26). The molecule has 3 aromatic rings. The highest BCUT2D eigenvalue weighted by Gasteiger charge is 2.19. The van der Waals surface area contributed by atoms with E-state index in [2.05, 4.69) is 30.1 Å². The minimum absolute atomic E-state index is 0.0272. The van der Waals surface area contributed by atoms with Crippen molar-refractivity contribution in [3.8, 4) is 0 Å². The third-order valence-corrected chi connectivity index (χ3v) is 4.03. The van der Waals surface area contributed by atoms with Gasteiger partial charge in [-0.1, -0.05) is 17.3 Å². The number of fused-ring (bicyclic) bond motifs is 1. The summed E-state index contributed by atoms with van der Waals surface area (Å²) in [6, 6.07) is 4.48. The Morgan fingerprint density at radius 2 is 2.14 bits per heavy atom. The third kappa shape index (κ3) is 3.66. The van der Waals surface area contributed by atoms with Crippen molar-refractivity contribution in [3.63, 3.8) is 0 Å². The number of hydrogen-bond donors (Lipinski definition) is 3. The van der Waals surface area contributed by atoms with Crippen LogP contribution in [0, 0.1) is 0 Å². The predicted octanol–water partition coefficient (Wildman–Crippen LogP) is -1.31. The van der Waals surface area contributed by atoms with Crippen molar-refractivity contribution in [2.24, 2.45) is 7.05 Å². The molecular formula is C14H13N7O6S. The molecule has 0 radical (unpaired) electrons. The lowest BCUT2D eigenvalue weighted by atomic mass is 10.1. The maximum atomic E-state index is 12.6. The fourth-order valence-electron chi connectivity index (χ4n) is 2.39. The molecule has 28 heavy (non-hydrogen) atoms. The van der Waals surface area contributed by atoms with Crippen LogP contribution in [-0.4, -0.2) is 45.2 Å². The normalized spacial score (nSPS) is 10.8. The average Bonchev–Trinajstić information content (AvgIpc) is 3.09. The number of imidazole rings is 1. The summed E-state index contributed by atoms with van der Waals surface area (Å²) in [7, 11) is -1.67. The van der Waals surface area contributed by atoms with Crippen molar-refractivity contribution >= 4 is 40.3 Å². The second-order valence-corrected chi connectivity index (χ2v) is 6.09. The summed E-state index contributed by atoms with van der Waals surface area (Å²) in [6.45, 7) is -0.00366. The van der Waals surface area contributed by atoms with E-state index in [4.69, 9.17) is 0 Å². The summed E-state index contributed by atoms with van der Waals surface area (Å²) in [5, 5.41) is 9.88. The van der Waals surface area contributed by atoms with Crippen LogP contribution in [0.15, 0.2) is 29.3 Å². The molecule has 0 aliphatic carbocycles. The number of nitrogens with zero attached hydrogens (tertiary/aromatic N) is 5. The number of thiol groups is 1. The first-order chi connectivity index (χ1) is 13.4. The number of rotatable bonds is 7. The van der Waals surface area contributed by atoms with Crippen LogP contribution in [0.1, 0.15) is 16.1 Å². The number of amides is 1. The van der Waals surface area contributed by atoms with Crippen molar-refractivity contribution in [3.05, 3.63) is 46.3 Å². The van der Waals surface area contributed by atoms with E-state index in [1.165, 1.54) is 25.2 Å². The molecule has 2 heterocycles. The van der Waals surface area contributed by atoms with Crippen LogP contribution in [-0.2, 0) is 34.1 Å². The summed E-state index contributed by atoms with van der Waals surface area (Å²) in [6.07, 6.45) is 1.13. The van der Waals surface area contributed by atoms with E-state index in [1.54, 1.807) is 0 Å². The zero-order valence-corrected chi connectivity index (χ0v) is 15.1. The van der Waals surface area contributed by atoms with Gasteiger partial charge in [0, 0.05) is 12.6 Å². The molecule has 1 aromatic carbocycles. The van der Waals surface area contributed by atoms with Gasteiger partial charge in [0.15, 0.2) is 11.3 Å². The molecule has 14 heteroatoms. The first-order valence-electron chi connectivity index (χ1n) is 7.59. The number of para-hydroxylation sites is 1. The van der Waals surface area contributed by atoms with Crippen molar-refractivity contribution in [1.29, 1.82) is 0 Å². The highest BCUT2D eigenvalue weighted by atomic mass is 32.2. The Morgan fingerprint density at radius 3 is 2.86 bits per heavy atom. The number of carbonyl (C=O) groups excluding carboxylic acids is 2. The average molecular weight is 407 g/mol. The lowest BCUT2D eigenvalue weighted by Crippen LogP contribution is -2.27. The minimum Gasteiger partial charge on any atom is -0.463 e. The number of nitrogens with one attached hydrogen (secondary N) is 2. The lowest BCUT2D eigenvalue weighted by Gasteiger charge is -2.13. The fourth-order valence-corrected chi connectivity index (χ4v) is 2.84. The van der Waals surface area contributed by atoms with Gasteiger partial charge in [-0.05, 0) is 6.07 Å². The van der Waals surface area contributed by atoms with Gasteiger partial charge in [0.2, 0.25) is 10.9 Å². The van der Waals surface area contributed by atoms with E-state index in [1.807, 2.05) is 0 Å². The Kier molecular flexibility index (Phi) is 5.30. The third-order valence-electron chi connectivity index (χ3n) is 3.62. The predicted molar refractivity (Wildman–Crippen MR) is 95.2 cm³/mol. The SMILES string of the molecule is Cn1nnc2c(C(=O)Nc3cccc(COC=O)c3N[SH](=O)=O)ncn2c1=O. The van der Waals surface area contributed by atoms with E-state index < -0.39 is 22.5 Å². The maximum absolute atomic E-state index is 12.6. The molecule has 0 bridgehead atoms. The van der Waals surface area contributed by atoms with Crippen LogP contribution in [0.4, 0.5) is 11.4 Å². The molecule has 0 saturated carbocycles. The van der Waals surface area contributed by atoms with Gasteiger partial charge in [-0.25, -0.2) is 22.6 Å². The lowest BCUT2D eigenvalue weighted by molar-refractivity contribution is -0.129. The highest BCUT2D eigenvalue weighted by Crippen LogP contribution is 2.27. The van der Waals surface area contributed by atoms with E-state index in [0.29, 0.717) is 5.56 Å². The first kappa shape index (κ1) is 19.0. The van der Waals surface area contributed by atoms with Gasteiger partial charge in [-0.15, -0.1) is 5.10 Å². The molecule has 13 nitrogen and oxygen atoms in total. The summed E-state index contributed by atoms with van der Waals surface area (Å²) in [5.74, 6) is -0.748. The number of hydrogen-bond acceptors (Lipinski definition) is 9. The monoisotopic (exact) mass is 407 g/mol. The molecule has 0 saturated heterocycles. The van der Waals surface area contributed by atoms with Crippen LogP contribution in [0.5, 0.6) is 0 Å². The zero-order chi connectivity index (χ0) is 20.3. The second-order valence-electron chi connectivity index (χ2n) is 5.35. The van der Waals surface area contributed by atoms with E-state index >= 15 is 0 Å². The summed E-state index contributed by atoms with van der Waals surface area (Å²) < 4.78 is 31.1. The smallest absolute Gasteiger partial charge is 0.352 e. The van der Waals surface area contributed by atoms with Crippen LogP contribution >= 0.6 is 0 Å². The number of carbonyl (C=O) groups is 2. The number of aryl methyl sites for hydroxylation is 1. The van der Waals surface area contributed by atoms with Crippen LogP contribution < -0.4 is 15.7 Å². The highest BCUT2D eigenvalue weighted by molar-refractivity contribution is 7.73. The molecule has 0 unspecified atom stereocenters.